The molecule has 1 unspecified atom stereocenters. The Balaban J connectivity index is 4.44. The van der Waals surface area contributed by atoms with E-state index in [-0.39, 0.29) is 13.0 Å². The van der Waals surface area contributed by atoms with E-state index in [9.17, 15) is 9.59 Å². The number of ether oxygens (including phenoxy) is 3. The highest BCUT2D eigenvalue weighted by Gasteiger charge is 2.33. The molecular formula is C11H16O6. The van der Waals surface area contributed by atoms with Gasteiger partial charge in [0, 0.05) is 13.3 Å². The Labute approximate surface area is 99.5 Å². The van der Waals surface area contributed by atoms with Crippen molar-refractivity contribution < 1.29 is 28.9 Å². The average molecular weight is 244 g/mol. The highest BCUT2D eigenvalue weighted by atomic mass is 16.8. The van der Waals surface area contributed by atoms with Gasteiger partial charge in [0.25, 0.3) is 5.79 Å². The van der Waals surface area contributed by atoms with Crippen LogP contribution in [-0.2, 0) is 14.2 Å². The van der Waals surface area contributed by atoms with E-state index in [0.717, 1.165) is 0 Å². The van der Waals surface area contributed by atoms with E-state index in [1.54, 1.807) is 6.08 Å². The summed E-state index contributed by atoms with van der Waals surface area (Å²) in [6.45, 7) is 8.15. The van der Waals surface area contributed by atoms with Gasteiger partial charge in [-0.1, -0.05) is 18.7 Å². The van der Waals surface area contributed by atoms with E-state index in [0.29, 0.717) is 6.42 Å². The molecular weight excluding hydrogens is 228 g/mol. The molecule has 0 saturated carbocycles. The van der Waals surface area contributed by atoms with Crippen molar-refractivity contribution in [1.29, 1.82) is 0 Å². The van der Waals surface area contributed by atoms with Crippen LogP contribution in [0.1, 0.15) is 19.8 Å². The molecule has 1 atom stereocenters. The van der Waals surface area contributed by atoms with Gasteiger partial charge in [0.1, 0.15) is 6.61 Å². The predicted octanol–water partition coefficient (Wildman–Crippen LogP) is 2.70. The zero-order valence-corrected chi connectivity index (χ0v) is 9.68. The molecule has 0 saturated heterocycles. The molecule has 0 heterocycles. The number of carboxylic acid groups (broad SMARTS) is 1. The maximum atomic E-state index is 11.2. The van der Waals surface area contributed by atoms with Crippen LogP contribution in [0.2, 0.25) is 0 Å². The molecule has 0 bridgehead atoms. The van der Waals surface area contributed by atoms with Crippen molar-refractivity contribution >= 4 is 12.3 Å². The first kappa shape index (κ1) is 15.0. The smallest absolute Gasteiger partial charge is 0.450 e. The van der Waals surface area contributed by atoms with Gasteiger partial charge < -0.3 is 19.3 Å². The Kier molecular flexibility index (Phi) is 6.47. The van der Waals surface area contributed by atoms with Crippen LogP contribution in [0, 0.1) is 0 Å². The minimum Gasteiger partial charge on any atom is -0.450 e. The molecule has 0 fully saturated rings. The van der Waals surface area contributed by atoms with Gasteiger partial charge in [-0.15, -0.1) is 6.58 Å². The van der Waals surface area contributed by atoms with E-state index >= 15 is 0 Å². The Hall–Kier alpha value is -1.98. The van der Waals surface area contributed by atoms with Gasteiger partial charge in [-0.25, -0.2) is 9.59 Å². The first-order chi connectivity index (χ1) is 7.93. The lowest BCUT2D eigenvalue weighted by atomic mass is 10.1. The molecule has 0 aliphatic rings. The zero-order valence-electron chi connectivity index (χ0n) is 9.68. The van der Waals surface area contributed by atoms with Crippen LogP contribution >= 0.6 is 0 Å². The summed E-state index contributed by atoms with van der Waals surface area (Å²) in [5.74, 6) is -1.59. The van der Waals surface area contributed by atoms with Crippen molar-refractivity contribution in [1.82, 2.24) is 0 Å². The maximum Gasteiger partial charge on any atom is 0.511 e. The quantitative estimate of drug-likeness (QED) is 0.421. The lowest BCUT2D eigenvalue weighted by Crippen LogP contribution is -2.37. The molecule has 6 nitrogen and oxygen atoms in total. The number of carbonyl (C=O) groups excluding carboxylic acids is 1. The standard InChI is InChI=1S/C11H16O6/c1-4-6-7-11(3,16-9(12)13)17-10(14)15-8-5-2/h4-5H,1-2,6-8H2,3H3,(H,12,13). The number of carbonyl (C=O) groups is 2. The normalized spacial score (nSPS) is 13.0. The van der Waals surface area contributed by atoms with E-state index in [1.165, 1.54) is 13.0 Å². The fourth-order valence-electron chi connectivity index (χ4n) is 1.00. The van der Waals surface area contributed by atoms with Crippen molar-refractivity contribution in [3.05, 3.63) is 25.3 Å². The molecule has 0 aliphatic carbocycles. The highest BCUT2D eigenvalue weighted by molar-refractivity contribution is 5.62. The van der Waals surface area contributed by atoms with Crippen molar-refractivity contribution in [2.45, 2.75) is 25.6 Å². The second-order valence-corrected chi connectivity index (χ2v) is 3.28. The summed E-state index contributed by atoms with van der Waals surface area (Å²) in [5.41, 5.74) is 0. The first-order valence-electron chi connectivity index (χ1n) is 4.93. The second-order valence-electron chi connectivity index (χ2n) is 3.28. The molecule has 96 valence electrons. The Morgan fingerprint density at radius 2 is 1.94 bits per heavy atom. The summed E-state index contributed by atoms with van der Waals surface area (Å²) in [4.78, 5) is 21.6. The van der Waals surface area contributed by atoms with Gasteiger partial charge in [0.15, 0.2) is 0 Å². The fraction of sp³-hybridized carbons (Fsp3) is 0.455. The van der Waals surface area contributed by atoms with Gasteiger partial charge in [0.05, 0.1) is 0 Å². The monoisotopic (exact) mass is 244 g/mol. The summed E-state index contributed by atoms with van der Waals surface area (Å²) in [6.07, 6.45) is 0.957. The third-order valence-corrected chi connectivity index (χ3v) is 1.72. The molecule has 17 heavy (non-hydrogen) atoms. The molecule has 0 rings (SSSR count). The van der Waals surface area contributed by atoms with Crippen LogP contribution in [0.3, 0.4) is 0 Å². The lowest BCUT2D eigenvalue weighted by Gasteiger charge is -2.26. The molecule has 0 amide bonds. The molecule has 6 heteroatoms. The van der Waals surface area contributed by atoms with Crippen LogP contribution in [0.25, 0.3) is 0 Å². The molecule has 0 aromatic carbocycles. The largest absolute Gasteiger partial charge is 0.511 e. The third kappa shape index (κ3) is 6.99. The molecule has 0 radical (unpaired) electrons. The Morgan fingerprint density at radius 1 is 1.29 bits per heavy atom. The number of hydrogen-bond donors (Lipinski definition) is 1. The number of rotatable bonds is 7. The second kappa shape index (κ2) is 7.32. The lowest BCUT2D eigenvalue weighted by molar-refractivity contribution is -0.176. The topological polar surface area (TPSA) is 82.1 Å². The van der Waals surface area contributed by atoms with E-state index in [4.69, 9.17) is 9.84 Å². The van der Waals surface area contributed by atoms with Crippen LogP contribution in [0.4, 0.5) is 9.59 Å². The molecule has 0 aliphatic heterocycles. The number of allylic oxidation sites excluding steroid dienone is 1. The van der Waals surface area contributed by atoms with Crippen LogP contribution in [-0.4, -0.2) is 29.8 Å². The van der Waals surface area contributed by atoms with Crippen molar-refractivity contribution in [3.8, 4) is 0 Å². The summed E-state index contributed by atoms with van der Waals surface area (Å²) in [7, 11) is 0. The van der Waals surface area contributed by atoms with Crippen molar-refractivity contribution in [3.63, 3.8) is 0 Å². The molecule has 0 aromatic heterocycles. The molecule has 0 aromatic rings. The van der Waals surface area contributed by atoms with Gasteiger partial charge in [-0.05, 0) is 6.42 Å². The van der Waals surface area contributed by atoms with E-state index in [1.807, 2.05) is 0 Å². The van der Waals surface area contributed by atoms with Gasteiger partial charge in [0.2, 0.25) is 0 Å². The van der Waals surface area contributed by atoms with E-state index < -0.39 is 18.1 Å². The third-order valence-electron chi connectivity index (χ3n) is 1.72. The molecule has 1 N–H and O–H groups in total. The number of hydrogen-bond acceptors (Lipinski definition) is 5. The minimum absolute atomic E-state index is 0.0244. The summed E-state index contributed by atoms with van der Waals surface area (Å²) >= 11 is 0. The predicted molar refractivity (Wildman–Crippen MR) is 59.6 cm³/mol. The van der Waals surface area contributed by atoms with Gasteiger partial charge in [-0.3, -0.25) is 0 Å². The minimum atomic E-state index is -1.59. The van der Waals surface area contributed by atoms with Crippen molar-refractivity contribution in [2.75, 3.05) is 6.61 Å². The summed E-state index contributed by atoms with van der Waals surface area (Å²) in [6, 6.07) is 0. The van der Waals surface area contributed by atoms with Crippen molar-refractivity contribution in [2.24, 2.45) is 0 Å². The maximum absolute atomic E-state index is 11.2. The Morgan fingerprint density at radius 3 is 2.41 bits per heavy atom. The molecule has 0 spiro atoms. The van der Waals surface area contributed by atoms with Crippen LogP contribution in [0.5, 0.6) is 0 Å². The SMILES string of the molecule is C=CCCC(C)(OC(=O)O)OC(=O)OCC=C. The Bertz CT molecular complexity index is 298. The average Bonchev–Trinajstić information content (AvgIpc) is 2.22. The summed E-state index contributed by atoms with van der Waals surface area (Å²) in [5, 5.41) is 8.54. The van der Waals surface area contributed by atoms with E-state index in [2.05, 4.69) is 22.6 Å². The van der Waals surface area contributed by atoms with Gasteiger partial charge >= 0.3 is 12.3 Å². The highest BCUT2D eigenvalue weighted by Crippen LogP contribution is 2.21. The van der Waals surface area contributed by atoms with Gasteiger partial charge in [-0.2, -0.15) is 0 Å². The van der Waals surface area contributed by atoms with Crippen LogP contribution in [0.15, 0.2) is 25.3 Å². The first-order valence-corrected chi connectivity index (χ1v) is 4.93. The summed E-state index contributed by atoms with van der Waals surface area (Å²) < 4.78 is 13.9. The fourth-order valence-corrected chi connectivity index (χ4v) is 1.00. The zero-order chi connectivity index (χ0) is 13.3. The van der Waals surface area contributed by atoms with Crippen LogP contribution < -0.4 is 0 Å².